The van der Waals surface area contributed by atoms with Crippen LogP contribution in [0.1, 0.15) is 12.0 Å². The largest absolute Gasteiger partial charge is 0.573 e. The van der Waals surface area contributed by atoms with Crippen molar-refractivity contribution in [2.45, 2.75) is 12.8 Å². The highest BCUT2D eigenvalue weighted by Gasteiger charge is 2.31. The van der Waals surface area contributed by atoms with Crippen molar-refractivity contribution in [3.05, 3.63) is 35.2 Å². The normalized spacial score (nSPS) is 20.8. The van der Waals surface area contributed by atoms with Crippen LogP contribution in [0.15, 0.2) is 29.7 Å². The standard InChI is InChI=1S/C12H11F3O5S2/c13-12(14,15)20-10-4-2-9(3-5-10)11-8-21(16,17)6-1-7-22(11,18)19/h2-5,8H,1,6-7H2. The molecule has 0 saturated heterocycles. The Morgan fingerprint density at radius 3 is 2.09 bits per heavy atom. The molecule has 10 heteroatoms. The van der Waals surface area contributed by atoms with Gasteiger partial charge in [-0.05, 0) is 36.2 Å². The van der Waals surface area contributed by atoms with E-state index in [2.05, 4.69) is 4.74 Å². The molecule has 0 spiro atoms. The molecule has 0 aromatic heterocycles. The van der Waals surface area contributed by atoms with E-state index in [1.54, 1.807) is 0 Å². The highest BCUT2D eigenvalue weighted by atomic mass is 32.2. The van der Waals surface area contributed by atoms with Crippen molar-refractivity contribution in [3.63, 3.8) is 0 Å². The molecule has 1 aromatic carbocycles. The number of rotatable bonds is 2. The number of hydrogen-bond acceptors (Lipinski definition) is 5. The lowest BCUT2D eigenvalue weighted by molar-refractivity contribution is -0.274. The number of benzene rings is 1. The Balaban J connectivity index is 2.43. The molecule has 0 N–H and O–H groups in total. The maximum absolute atomic E-state index is 12.1. The average molecular weight is 356 g/mol. The van der Waals surface area contributed by atoms with Gasteiger partial charge in [-0.15, -0.1) is 13.2 Å². The minimum atomic E-state index is -4.86. The summed E-state index contributed by atoms with van der Waals surface area (Å²) < 4.78 is 87.4. The molecular formula is C12H11F3O5S2. The lowest BCUT2D eigenvalue weighted by Crippen LogP contribution is -2.17. The Morgan fingerprint density at radius 2 is 1.55 bits per heavy atom. The van der Waals surface area contributed by atoms with Crippen molar-refractivity contribution in [1.82, 2.24) is 0 Å². The fourth-order valence-corrected chi connectivity index (χ4v) is 5.50. The van der Waals surface area contributed by atoms with E-state index < -0.39 is 36.7 Å². The summed E-state index contributed by atoms with van der Waals surface area (Å²) in [5.41, 5.74) is -0.000000472. The van der Waals surface area contributed by atoms with E-state index in [9.17, 15) is 30.0 Å². The van der Waals surface area contributed by atoms with Crippen molar-refractivity contribution in [3.8, 4) is 5.75 Å². The quantitative estimate of drug-likeness (QED) is 0.811. The third kappa shape index (κ3) is 4.23. The Kier molecular flexibility index (Phi) is 4.26. The summed E-state index contributed by atoms with van der Waals surface area (Å²) in [7, 11) is -7.49. The van der Waals surface area contributed by atoms with Gasteiger partial charge in [0.2, 0.25) is 0 Å². The number of sulfone groups is 2. The van der Waals surface area contributed by atoms with E-state index >= 15 is 0 Å². The Morgan fingerprint density at radius 1 is 0.955 bits per heavy atom. The fourth-order valence-electron chi connectivity index (χ4n) is 1.92. The molecule has 0 amide bonds. The molecule has 2 rings (SSSR count). The van der Waals surface area contributed by atoms with Gasteiger partial charge < -0.3 is 4.74 Å². The summed E-state index contributed by atoms with van der Waals surface area (Å²) in [5.74, 6) is -1.14. The van der Waals surface area contributed by atoms with Gasteiger partial charge >= 0.3 is 6.36 Å². The van der Waals surface area contributed by atoms with E-state index in [1.807, 2.05) is 0 Å². The molecule has 0 bridgehead atoms. The third-order valence-corrected chi connectivity index (χ3v) is 6.29. The molecule has 1 aliphatic rings. The molecule has 0 saturated carbocycles. The molecular weight excluding hydrogens is 345 g/mol. The summed E-state index contributed by atoms with van der Waals surface area (Å²) in [6, 6.07) is 4.00. The van der Waals surface area contributed by atoms with Crippen LogP contribution in [0.5, 0.6) is 5.75 Å². The maximum atomic E-state index is 12.1. The van der Waals surface area contributed by atoms with E-state index in [4.69, 9.17) is 0 Å². The molecule has 0 fully saturated rings. The van der Waals surface area contributed by atoms with Crippen molar-refractivity contribution in [2.24, 2.45) is 0 Å². The Labute approximate surface area is 125 Å². The first-order valence-corrected chi connectivity index (χ1v) is 9.39. The maximum Gasteiger partial charge on any atom is 0.573 e. The van der Waals surface area contributed by atoms with Crippen LogP contribution < -0.4 is 4.74 Å². The van der Waals surface area contributed by atoms with Crippen LogP contribution in [-0.2, 0) is 19.7 Å². The van der Waals surface area contributed by atoms with Crippen molar-refractivity contribution in [1.29, 1.82) is 0 Å². The second kappa shape index (κ2) is 5.58. The predicted molar refractivity (Wildman–Crippen MR) is 73.3 cm³/mol. The zero-order chi connectivity index (χ0) is 16.6. The number of hydrogen-bond donors (Lipinski definition) is 0. The van der Waals surface area contributed by atoms with Gasteiger partial charge in [0, 0.05) is 5.41 Å². The lowest BCUT2D eigenvalue weighted by atomic mass is 10.2. The topological polar surface area (TPSA) is 77.5 Å². The monoisotopic (exact) mass is 356 g/mol. The van der Waals surface area contributed by atoms with Crippen molar-refractivity contribution < 1.29 is 34.7 Å². The first-order valence-electron chi connectivity index (χ1n) is 6.02. The van der Waals surface area contributed by atoms with E-state index in [0.29, 0.717) is 5.41 Å². The zero-order valence-corrected chi connectivity index (χ0v) is 12.6. The number of ether oxygens (including phenoxy) is 1. The second-order valence-electron chi connectivity index (χ2n) is 4.59. The summed E-state index contributed by atoms with van der Waals surface area (Å²) in [6.07, 6.45) is -4.89. The van der Waals surface area contributed by atoms with Crippen LogP contribution in [0.4, 0.5) is 13.2 Å². The smallest absolute Gasteiger partial charge is 0.406 e. The van der Waals surface area contributed by atoms with Crippen LogP contribution >= 0.6 is 0 Å². The minimum Gasteiger partial charge on any atom is -0.406 e. The molecule has 0 atom stereocenters. The molecule has 0 unspecified atom stereocenters. The molecule has 122 valence electrons. The zero-order valence-electron chi connectivity index (χ0n) is 11.0. The van der Waals surface area contributed by atoms with E-state index in [0.717, 1.165) is 24.3 Å². The van der Waals surface area contributed by atoms with Gasteiger partial charge in [0.05, 0.1) is 16.4 Å². The molecule has 5 nitrogen and oxygen atoms in total. The summed E-state index contributed by atoms with van der Waals surface area (Å²) in [4.78, 5) is -0.413. The Bertz CT molecular complexity index is 790. The first-order chi connectivity index (χ1) is 9.99. The summed E-state index contributed by atoms with van der Waals surface area (Å²) in [6.45, 7) is 0. The third-order valence-electron chi connectivity index (χ3n) is 2.84. The van der Waals surface area contributed by atoms with Crippen LogP contribution in [0, 0.1) is 0 Å². The van der Waals surface area contributed by atoms with Crippen LogP contribution in [-0.4, -0.2) is 34.7 Å². The van der Waals surface area contributed by atoms with Gasteiger partial charge in [-0.25, -0.2) is 16.8 Å². The average Bonchev–Trinajstić information content (AvgIpc) is 2.44. The molecule has 1 aliphatic heterocycles. The van der Waals surface area contributed by atoms with Gasteiger partial charge in [-0.1, -0.05) is 0 Å². The van der Waals surface area contributed by atoms with Crippen LogP contribution in [0.25, 0.3) is 4.91 Å². The second-order valence-corrected chi connectivity index (χ2v) is 8.64. The van der Waals surface area contributed by atoms with Crippen molar-refractivity contribution in [2.75, 3.05) is 11.5 Å². The first kappa shape index (κ1) is 16.8. The van der Waals surface area contributed by atoms with Gasteiger partial charge in [-0.3, -0.25) is 0 Å². The van der Waals surface area contributed by atoms with Gasteiger partial charge in [0.1, 0.15) is 5.75 Å². The number of alkyl halides is 3. The van der Waals surface area contributed by atoms with Gasteiger partial charge in [0.15, 0.2) is 19.7 Å². The summed E-state index contributed by atoms with van der Waals surface area (Å²) >= 11 is 0. The fraction of sp³-hybridized carbons (Fsp3) is 0.333. The Hall–Kier alpha value is -1.55. The molecule has 0 aliphatic carbocycles. The van der Waals surface area contributed by atoms with Crippen molar-refractivity contribution >= 4 is 24.6 Å². The minimum absolute atomic E-state index is 0.000000472. The molecule has 1 aromatic rings. The number of halogens is 3. The predicted octanol–water partition coefficient (Wildman–Crippen LogP) is 2.12. The molecule has 0 radical (unpaired) electrons. The SMILES string of the molecule is O=S1(=O)C=C(c2ccc(OC(F)(F)F)cc2)S(=O)(=O)CCC1. The molecule has 22 heavy (non-hydrogen) atoms. The van der Waals surface area contributed by atoms with Crippen LogP contribution in [0.3, 0.4) is 0 Å². The van der Waals surface area contributed by atoms with Crippen LogP contribution in [0.2, 0.25) is 0 Å². The van der Waals surface area contributed by atoms with E-state index in [-0.39, 0.29) is 23.5 Å². The lowest BCUT2D eigenvalue weighted by Gasteiger charge is -2.10. The van der Waals surface area contributed by atoms with Gasteiger partial charge in [-0.2, -0.15) is 0 Å². The summed E-state index contributed by atoms with van der Waals surface area (Å²) in [5, 5.41) is 0.662. The highest BCUT2D eigenvalue weighted by molar-refractivity contribution is 8.03. The van der Waals surface area contributed by atoms with E-state index in [1.165, 1.54) is 0 Å². The highest BCUT2D eigenvalue weighted by Crippen LogP contribution is 2.29. The molecule has 1 heterocycles. The van der Waals surface area contributed by atoms with Gasteiger partial charge in [0.25, 0.3) is 0 Å².